The molecule has 0 saturated carbocycles. The van der Waals surface area contributed by atoms with Crippen LogP contribution < -0.4 is 5.32 Å². The lowest BCUT2D eigenvalue weighted by Gasteiger charge is -2.06. The second-order valence-electron chi connectivity index (χ2n) is 5.57. The molecule has 23 heavy (non-hydrogen) atoms. The number of benzene rings is 1. The van der Waals surface area contributed by atoms with Crippen LogP contribution in [0.15, 0.2) is 29.6 Å². The largest absolute Gasteiger partial charge is 0.302 e. The Balaban J connectivity index is 1.60. The minimum Gasteiger partial charge on any atom is -0.302 e. The molecule has 0 spiro atoms. The van der Waals surface area contributed by atoms with Gasteiger partial charge in [0.05, 0.1) is 17.2 Å². The molecule has 1 amide bonds. The van der Waals surface area contributed by atoms with Gasteiger partial charge < -0.3 is 5.32 Å². The molecule has 1 aromatic heterocycles. The molecule has 1 atom stereocenters. The van der Waals surface area contributed by atoms with Crippen molar-refractivity contribution in [3.05, 3.63) is 34.7 Å². The Bertz CT molecular complexity index is 816. The number of amides is 1. The molecule has 0 aliphatic carbocycles. The highest BCUT2D eigenvalue weighted by Gasteiger charge is 2.29. The van der Waals surface area contributed by atoms with Crippen LogP contribution in [0.25, 0.3) is 11.3 Å². The summed E-state index contributed by atoms with van der Waals surface area (Å²) in [5.74, 6) is 0.0110. The van der Waals surface area contributed by atoms with E-state index in [1.165, 1.54) is 11.3 Å². The Hall–Kier alpha value is -1.44. The zero-order valence-electron chi connectivity index (χ0n) is 12.2. The standard InChI is InChI=1S/C15H15ClN2O3S2/c16-12-3-1-11(2-4-12)13-8-22-15(17-13)18-14(19)7-10-5-6-23(20,21)9-10/h1-4,8,10H,5-7,9H2,(H,17,18,19)/t10-/m0/s1. The smallest absolute Gasteiger partial charge is 0.226 e. The average Bonchev–Trinajstić information content (AvgIpc) is 3.06. The number of thiazole rings is 1. The minimum atomic E-state index is -2.95. The summed E-state index contributed by atoms with van der Waals surface area (Å²) >= 11 is 7.20. The highest BCUT2D eigenvalue weighted by molar-refractivity contribution is 7.91. The molecule has 1 saturated heterocycles. The lowest BCUT2D eigenvalue weighted by atomic mass is 10.1. The second-order valence-corrected chi connectivity index (χ2v) is 9.09. The number of rotatable bonds is 4. The van der Waals surface area contributed by atoms with Crippen LogP contribution in [0.3, 0.4) is 0 Å². The summed E-state index contributed by atoms with van der Waals surface area (Å²) in [5.41, 5.74) is 1.69. The van der Waals surface area contributed by atoms with Crippen molar-refractivity contribution in [3.63, 3.8) is 0 Å². The molecule has 1 N–H and O–H groups in total. The highest BCUT2D eigenvalue weighted by atomic mass is 35.5. The molecule has 5 nitrogen and oxygen atoms in total. The second kappa shape index (κ2) is 6.59. The number of hydrogen-bond acceptors (Lipinski definition) is 5. The van der Waals surface area contributed by atoms with Gasteiger partial charge in [0.2, 0.25) is 5.91 Å². The van der Waals surface area contributed by atoms with Gasteiger partial charge in [-0.2, -0.15) is 0 Å². The van der Waals surface area contributed by atoms with E-state index in [1.807, 2.05) is 17.5 Å². The van der Waals surface area contributed by atoms with Gasteiger partial charge in [-0.15, -0.1) is 11.3 Å². The van der Waals surface area contributed by atoms with E-state index in [0.29, 0.717) is 16.6 Å². The topological polar surface area (TPSA) is 76.1 Å². The average molecular weight is 371 g/mol. The van der Waals surface area contributed by atoms with Gasteiger partial charge in [-0.25, -0.2) is 13.4 Å². The predicted octanol–water partition coefficient (Wildman–Crippen LogP) is 3.23. The fraction of sp³-hybridized carbons (Fsp3) is 0.333. The fourth-order valence-corrected chi connectivity index (χ4v) is 5.27. The zero-order chi connectivity index (χ0) is 16.4. The number of carbonyl (C=O) groups excluding carboxylic acids is 1. The summed E-state index contributed by atoms with van der Waals surface area (Å²) in [7, 11) is -2.95. The number of hydrogen-bond donors (Lipinski definition) is 1. The lowest BCUT2D eigenvalue weighted by Crippen LogP contribution is -2.17. The van der Waals surface area contributed by atoms with Crippen molar-refractivity contribution in [2.24, 2.45) is 5.92 Å². The van der Waals surface area contributed by atoms with E-state index in [0.717, 1.165) is 11.3 Å². The van der Waals surface area contributed by atoms with Gasteiger partial charge in [0.1, 0.15) is 0 Å². The Kier molecular flexibility index (Phi) is 4.70. The van der Waals surface area contributed by atoms with E-state index in [-0.39, 0.29) is 29.8 Å². The highest BCUT2D eigenvalue weighted by Crippen LogP contribution is 2.27. The summed E-state index contributed by atoms with van der Waals surface area (Å²) in [5, 5.41) is 5.78. The van der Waals surface area contributed by atoms with Crippen molar-refractivity contribution in [1.29, 1.82) is 0 Å². The van der Waals surface area contributed by atoms with Gasteiger partial charge >= 0.3 is 0 Å². The third-order valence-corrected chi connectivity index (χ3v) is 6.54. The molecule has 3 rings (SSSR count). The third kappa shape index (κ3) is 4.31. The summed E-state index contributed by atoms with van der Waals surface area (Å²) < 4.78 is 22.8. The predicted molar refractivity (Wildman–Crippen MR) is 92.6 cm³/mol. The first-order valence-corrected chi connectivity index (χ1v) is 10.2. The molecule has 1 aromatic carbocycles. The molecule has 8 heteroatoms. The molecule has 0 bridgehead atoms. The number of nitrogens with zero attached hydrogens (tertiary/aromatic N) is 1. The number of nitrogens with one attached hydrogen (secondary N) is 1. The molecular weight excluding hydrogens is 356 g/mol. The number of aromatic nitrogens is 1. The van der Waals surface area contributed by atoms with Crippen LogP contribution in [0.5, 0.6) is 0 Å². The third-order valence-electron chi connectivity index (χ3n) is 3.69. The van der Waals surface area contributed by atoms with Crippen molar-refractivity contribution < 1.29 is 13.2 Å². The Morgan fingerprint density at radius 2 is 2.09 bits per heavy atom. The van der Waals surface area contributed by atoms with Crippen LogP contribution in [-0.4, -0.2) is 30.8 Å². The van der Waals surface area contributed by atoms with E-state index in [2.05, 4.69) is 10.3 Å². The molecule has 1 fully saturated rings. The number of halogens is 1. The normalized spacial score (nSPS) is 19.6. The summed E-state index contributed by atoms with van der Waals surface area (Å²) in [6.45, 7) is 0. The van der Waals surface area contributed by atoms with Crippen LogP contribution in [0, 0.1) is 5.92 Å². The van der Waals surface area contributed by atoms with E-state index in [9.17, 15) is 13.2 Å². The molecule has 0 unspecified atom stereocenters. The van der Waals surface area contributed by atoms with Crippen molar-refractivity contribution in [3.8, 4) is 11.3 Å². The van der Waals surface area contributed by atoms with E-state index in [1.54, 1.807) is 12.1 Å². The molecule has 1 aliphatic rings. The molecule has 2 heterocycles. The maximum absolute atomic E-state index is 12.0. The Labute approximate surface area is 143 Å². The SMILES string of the molecule is O=C(C[C@@H]1CCS(=O)(=O)C1)Nc1nc(-c2ccc(Cl)cc2)cs1. The first-order valence-electron chi connectivity index (χ1n) is 7.13. The van der Waals surface area contributed by atoms with Crippen molar-refractivity contribution in [2.75, 3.05) is 16.8 Å². The van der Waals surface area contributed by atoms with Crippen LogP contribution in [0.1, 0.15) is 12.8 Å². The first-order chi connectivity index (χ1) is 10.9. The minimum absolute atomic E-state index is 0.0873. The van der Waals surface area contributed by atoms with Crippen molar-refractivity contribution in [1.82, 2.24) is 4.98 Å². The number of sulfone groups is 1. The zero-order valence-corrected chi connectivity index (χ0v) is 14.5. The summed E-state index contributed by atoms with van der Waals surface area (Å²) in [6, 6.07) is 7.31. The molecule has 2 aromatic rings. The monoisotopic (exact) mass is 370 g/mol. The number of carbonyl (C=O) groups is 1. The van der Waals surface area contributed by atoms with Crippen LogP contribution in [0.4, 0.5) is 5.13 Å². The molecular formula is C15H15ClN2O3S2. The molecule has 0 radical (unpaired) electrons. The summed E-state index contributed by atoms with van der Waals surface area (Å²) in [4.78, 5) is 16.4. The van der Waals surface area contributed by atoms with Gasteiger partial charge in [0.15, 0.2) is 15.0 Å². The number of anilines is 1. The first kappa shape index (κ1) is 16.4. The quantitative estimate of drug-likeness (QED) is 0.896. The van der Waals surface area contributed by atoms with E-state index < -0.39 is 9.84 Å². The lowest BCUT2D eigenvalue weighted by molar-refractivity contribution is -0.116. The molecule has 1 aliphatic heterocycles. The van der Waals surface area contributed by atoms with Crippen LogP contribution in [0.2, 0.25) is 5.02 Å². The van der Waals surface area contributed by atoms with Gasteiger partial charge in [-0.05, 0) is 24.5 Å². The fourth-order valence-electron chi connectivity index (χ4n) is 2.55. The van der Waals surface area contributed by atoms with E-state index >= 15 is 0 Å². The van der Waals surface area contributed by atoms with Gasteiger partial charge in [-0.3, -0.25) is 4.79 Å². The Morgan fingerprint density at radius 1 is 1.35 bits per heavy atom. The van der Waals surface area contributed by atoms with Gasteiger partial charge in [-0.1, -0.05) is 23.7 Å². The van der Waals surface area contributed by atoms with Gasteiger partial charge in [0, 0.05) is 22.4 Å². The van der Waals surface area contributed by atoms with Crippen LogP contribution >= 0.6 is 22.9 Å². The van der Waals surface area contributed by atoms with Crippen molar-refractivity contribution >= 4 is 43.8 Å². The maximum Gasteiger partial charge on any atom is 0.226 e. The molecule has 122 valence electrons. The van der Waals surface area contributed by atoms with E-state index in [4.69, 9.17) is 11.6 Å². The van der Waals surface area contributed by atoms with Crippen molar-refractivity contribution in [2.45, 2.75) is 12.8 Å². The van der Waals surface area contributed by atoms with Gasteiger partial charge in [0.25, 0.3) is 0 Å². The maximum atomic E-state index is 12.0. The van der Waals surface area contributed by atoms with Crippen LogP contribution in [-0.2, 0) is 14.6 Å². The Morgan fingerprint density at radius 3 is 2.74 bits per heavy atom. The summed E-state index contributed by atoms with van der Waals surface area (Å²) in [6.07, 6.45) is 0.777.